The van der Waals surface area contributed by atoms with Crippen LogP contribution in [0.4, 0.5) is 5.69 Å². The van der Waals surface area contributed by atoms with Gasteiger partial charge in [0.1, 0.15) is 5.75 Å². The molecule has 7 heteroatoms. The molecule has 2 aromatic carbocycles. The molecule has 1 N–H and O–H groups in total. The largest absolute Gasteiger partial charge is 0.497 e. The lowest BCUT2D eigenvalue weighted by Crippen LogP contribution is -2.40. The fourth-order valence-electron chi connectivity index (χ4n) is 4.19. The van der Waals surface area contributed by atoms with Gasteiger partial charge in [-0.1, -0.05) is 30.3 Å². The fraction of sp³-hybridized carbons (Fsp3) is 0.481. The van der Waals surface area contributed by atoms with Crippen LogP contribution in [0.2, 0.25) is 0 Å². The monoisotopic (exact) mass is 466 g/mol. The Kier molecular flexibility index (Phi) is 10.2. The lowest BCUT2D eigenvalue weighted by Gasteiger charge is -2.22. The topological polar surface area (TPSA) is 65.1 Å². The van der Waals surface area contributed by atoms with Gasteiger partial charge in [0.2, 0.25) is 11.8 Å². The summed E-state index contributed by atoms with van der Waals surface area (Å²) in [5, 5.41) is 3.04. The predicted octanol–water partition coefficient (Wildman–Crippen LogP) is 2.80. The summed E-state index contributed by atoms with van der Waals surface area (Å²) in [6.45, 7) is 4.96. The molecular formula is C27H38N4O3. The molecule has 34 heavy (non-hydrogen) atoms. The molecule has 1 fully saturated rings. The molecule has 184 valence electrons. The first kappa shape index (κ1) is 25.6. The number of anilines is 1. The molecule has 1 saturated heterocycles. The minimum atomic E-state index is 0.0571. The maximum absolute atomic E-state index is 12.7. The van der Waals surface area contributed by atoms with E-state index in [1.54, 1.807) is 7.11 Å². The zero-order valence-electron chi connectivity index (χ0n) is 20.5. The van der Waals surface area contributed by atoms with Crippen LogP contribution in [0.25, 0.3) is 0 Å². The van der Waals surface area contributed by atoms with E-state index in [2.05, 4.69) is 34.3 Å². The van der Waals surface area contributed by atoms with Gasteiger partial charge in [-0.3, -0.25) is 14.5 Å². The van der Waals surface area contributed by atoms with Gasteiger partial charge in [0.05, 0.1) is 13.7 Å². The first-order chi connectivity index (χ1) is 16.5. The highest BCUT2D eigenvalue weighted by Crippen LogP contribution is 2.14. The quantitative estimate of drug-likeness (QED) is 0.516. The van der Waals surface area contributed by atoms with Gasteiger partial charge >= 0.3 is 0 Å². The Hall–Kier alpha value is -3.06. The molecule has 0 saturated carbocycles. The molecule has 0 bridgehead atoms. The number of para-hydroxylation sites is 1. The molecule has 1 heterocycles. The van der Waals surface area contributed by atoms with E-state index in [1.807, 2.05) is 47.4 Å². The summed E-state index contributed by atoms with van der Waals surface area (Å²) in [6, 6.07) is 18.1. The Bertz CT molecular complexity index is 889. The van der Waals surface area contributed by atoms with Crippen molar-refractivity contribution in [3.8, 4) is 5.75 Å². The van der Waals surface area contributed by atoms with Crippen LogP contribution in [0.5, 0.6) is 5.75 Å². The van der Waals surface area contributed by atoms with Crippen molar-refractivity contribution in [2.45, 2.75) is 25.7 Å². The van der Waals surface area contributed by atoms with E-state index in [-0.39, 0.29) is 11.8 Å². The number of amides is 2. The normalized spacial score (nSPS) is 14.4. The highest BCUT2D eigenvalue weighted by molar-refractivity contribution is 5.78. The highest BCUT2D eigenvalue weighted by atomic mass is 16.5. The van der Waals surface area contributed by atoms with Crippen molar-refractivity contribution < 1.29 is 14.3 Å². The smallest absolute Gasteiger partial charge is 0.234 e. The Labute approximate surface area is 203 Å². The number of ether oxygens (including phenoxy) is 1. The van der Waals surface area contributed by atoms with E-state index in [9.17, 15) is 9.59 Å². The van der Waals surface area contributed by atoms with Gasteiger partial charge in [-0.2, -0.15) is 0 Å². The molecule has 0 atom stereocenters. The minimum Gasteiger partial charge on any atom is -0.497 e. The van der Waals surface area contributed by atoms with Crippen LogP contribution >= 0.6 is 0 Å². The number of carbonyl (C=O) groups excluding carboxylic acids is 2. The molecule has 0 radical (unpaired) electrons. The first-order valence-corrected chi connectivity index (χ1v) is 12.2. The third-order valence-corrected chi connectivity index (χ3v) is 6.28. The zero-order valence-corrected chi connectivity index (χ0v) is 20.5. The van der Waals surface area contributed by atoms with Gasteiger partial charge in [-0.25, -0.2) is 0 Å². The molecule has 1 aliphatic heterocycles. The second-order valence-electron chi connectivity index (χ2n) is 8.82. The number of rotatable bonds is 11. The number of hydrogen-bond acceptors (Lipinski definition) is 5. The van der Waals surface area contributed by atoms with Crippen molar-refractivity contribution in [2.75, 3.05) is 64.9 Å². The van der Waals surface area contributed by atoms with Crippen LogP contribution < -0.4 is 15.0 Å². The molecule has 0 unspecified atom stereocenters. The summed E-state index contributed by atoms with van der Waals surface area (Å²) < 4.78 is 5.18. The first-order valence-electron chi connectivity index (χ1n) is 12.2. The van der Waals surface area contributed by atoms with E-state index in [1.165, 1.54) is 5.69 Å². The standard InChI is InChI=1S/C27H38N4O3/c1-29(24-8-4-3-5-9-24)17-6-16-28-26(32)22-30-18-7-19-31(21-20-30)27(33)15-12-23-10-13-25(34-2)14-11-23/h3-5,8-11,13-14H,6-7,12,15-22H2,1-2H3,(H,28,32). The van der Waals surface area contributed by atoms with Gasteiger partial charge in [0, 0.05) is 58.4 Å². The van der Waals surface area contributed by atoms with Gasteiger partial charge in [-0.15, -0.1) is 0 Å². The summed E-state index contributed by atoms with van der Waals surface area (Å²) in [4.78, 5) is 31.4. The van der Waals surface area contributed by atoms with Crippen molar-refractivity contribution in [1.82, 2.24) is 15.1 Å². The number of methoxy groups -OCH3 is 1. The second kappa shape index (κ2) is 13.6. The van der Waals surface area contributed by atoms with Crippen molar-refractivity contribution in [2.24, 2.45) is 0 Å². The molecule has 7 nitrogen and oxygen atoms in total. The third kappa shape index (κ3) is 8.37. The van der Waals surface area contributed by atoms with Crippen molar-refractivity contribution in [1.29, 1.82) is 0 Å². The molecule has 2 aromatic rings. The van der Waals surface area contributed by atoms with E-state index in [4.69, 9.17) is 4.74 Å². The lowest BCUT2D eigenvalue weighted by molar-refractivity contribution is -0.131. The highest BCUT2D eigenvalue weighted by Gasteiger charge is 2.20. The van der Waals surface area contributed by atoms with Crippen LogP contribution in [0, 0.1) is 0 Å². The van der Waals surface area contributed by atoms with Crippen LogP contribution in [-0.4, -0.2) is 81.6 Å². The number of nitrogens with one attached hydrogen (secondary N) is 1. The van der Waals surface area contributed by atoms with Crippen molar-refractivity contribution in [3.05, 3.63) is 60.2 Å². The predicted molar refractivity (Wildman–Crippen MR) is 136 cm³/mol. The maximum Gasteiger partial charge on any atom is 0.234 e. The Morgan fingerprint density at radius 1 is 1.00 bits per heavy atom. The van der Waals surface area contributed by atoms with Gasteiger partial charge in [0.15, 0.2) is 0 Å². The Morgan fingerprint density at radius 2 is 1.76 bits per heavy atom. The van der Waals surface area contributed by atoms with E-state index < -0.39 is 0 Å². The Morgan fingerprint density at radius 3 is 2.50 bits per heavy atom. The van der Waals surface area contributed by atoms with Gasteiger partial charge in [0.25, 0.3) is 0 Å². The molecule has 0 aromatic heterocycles. The number of benzene rings is 2. The second-order valence-corrected chi connectivity index (χ2v) is 8.82. The summed E-state index contributed by atoms with van der Waals surface area (Å²) in [5.41, 5.74) is 2.32. The molecule has 0 aliphatic carbocycles. The lowest BCUT2D eigenvalue weighted by atomic mass is 10.1. The maximum atomic E-state index is 12.7. The molecule has 3 rings (SSSR count). The molecular weight excluding hydrogens is 428 g/mol. The van der Waals surface area contributed by atoms with Crippen LogP contribution in [-0.2, 0) is 16.0 Å². The van der Waals surface area contributed by atoms with Crippen LogP contribution in [0.15, 0.2) is 54.6 Å². The van der Waals surface area contributed by atoms with Gasteiger partial charge in [-0.05, 0) is 49.1 Å². The van der Waals surface area contributed by atoms with E-state index in [0.29, 0.717) is 26.1 Å². The SMILES string of the molecule is COc1ccc(CCC(=O)N2CCCN(CC(=O)NCCCN(C)c3ccccc3)CC2)cc1. The number of nitrogens with zero attached hydrogens (tertiary/aromatic N) is 3. The van der Waals surface area contributed by atoms with Crippen molar-refractivity contribution in [3.63, 3.8) is 0 Å². The van der Waals surface area contributed by atoms with E-state index in [0.717, 1.165) is 56.8 Å². The molecule has 2 amide bonds. The zero-order chi connectivity index (χ0) is 24.2. The van der Waals surface area contributed by atoms with Crippen LogP contribution in [0.3, 0.4) is 0 Å². The summed E-state index contributed by atoms with van der Waals surface area (Å²) in [7, 11) is 3.72. The van der Waals surface area contributed by atoms with Gasteiger partial charge < -0.3 is 19.9 Å². The minimum absolute atomic E-state index is 0.0571. The van der Waals surface area contributed by atoms with Crippen LogP contribution in [0.1, 0.15) is 24.8 Å². The molecule has 0 spiro atoms. The Balaban J connectivity index is 1.31. The third-order valence-electron chi connectivity index (χ3n) is 6.28. The number of hydrogen-bond donors (Lipinski definition) is 1. The fourth-order valence-corrected chi connectivity index (χ4v) is 4.19. The summed E-state index contributed by atoms with van der Waals surface area (Å²) >= 11 is 0. The number of aryl methyl sites for hydroxylation is 1. The molecule has 1 aliphatic rings. The summed E-state index contributed by atoms with van der Waals surface area (Å²) in [5.74, 6) is 1.07. The van der Waals surface area contributed by atoms with Crippen molar-refractivity contribution >= 4 is 17.5 Å². The summed E-state index contributed by atoms with van der Waals surface area (Å²) in [6.07, 6.45) is 3.02. The van der Waals surface area contributed by atoms with E-state index >= 15 is 0 Å². The average Bonchev–Trinajstić information content (AvgIpc) is 3.11. The average molecular weight is 467 g/mol. The number of carbonyl (C=O) groups is 2.